The molecule has 1 aromatic carbocycles. The summed E-state index contributed by atoms with van der Waals surface area (Å²) in [6, 6.07) is 5.41. The first-order valence-electron chi connectivity index (χ1n) is 5.53. The maximum absolute atomic E-state index is 11.1. The highest BCUT2D eigenvalue weighted by atomic mass is 35.5. The lowest BCUT2D eigenvalue weighted by atomic mass is 10.1. The van der Waals surface area contributed by atoms with E-state index < -0.39 is 6.09 Å². The number of benzene rings is 1. The summed E-state index contributed by atoms with van der Waals surface area (Å²) >= 11 is 5.94. The summed E-state index contributed by atoms with van der Waals surface area (Å²) < 4.78 is 4.71. The molecule has 0 radical (unpaired) electrons. The minimum atomic E-state index is -0.579. The molecule has 0 atom stereocenters. The molecule has 0 bridgehead atoms. The van der Waals surface area contributed by atoms with Gasteiger partial charge in [0.15, 0.2) is 0 Å². The summed E-state index contributed by atoms with van der Waals surface area (Å²) in [6.45, 7) is 3.81. The summed E-state index contributed by atoms with van der Waals surface area (Å²) in [4.78, 5) is 11.1. The fourth-order valence-corrected chi connectivity index (χ4v) is 1.56. The Morgan fingerprint density at radius 2 is 2.22 bits per heavy atom. The Bertz CT molecular complexity index is 461. The highest BCUT2D eigenvalue weighted by Gasteiger charge is 2.06. The van der Waals surface area contributed by atoms with Crippen LogP contribution in [0.15, 0.2) is 23.3 Å². The zero-order valence-corrected chi connectivity index (χ0v) is 11.3. The van der Waals surface area contributed by atoms with E-state index in [0.717, 1.165) is 11.3 Å². The minimum absolute atomic E-state index is 0.305. The number of rotatable bonds is 4. The number of nitrogens with zero attached hydrogens (tertiary/aromatic N) is 1. The highest BCUT2D eigenvalue weighted by Crippen LogP contribution is 2.20. The fourth-order valence-electron chi connectivity index (χ4n) is 1.39. The van der Waals surface area contributed by atoms with Crippen LogP contribution < -0.4 is 10.7 Å². The monoisotopic (exact) mass is 269 g/mol. The van der Waals surface area contributed by atoms with Crippen LogP contribution in [-0.4, -0.2) is 25.5 Å². The molecule has 0 saturated heterocycles. The number of anilines is 1. The van der Waals surface area contributed by atoms with Gasteiger partial charge < -0.3 is 10.1 Å². The Balaban J connectivity index is 2.88. The Kier molecular flexibility index (Phi) is 5.45. The smallest absolute Gasteiger partial charge is 0.427 e. The van der Waals surface area contributed by atoms with E-state index in [2.05, 4.69) is 15.8 Å². The van der Waals surface area contributed by atoms with Crippen molar-refractivity contribution >= 4 is 29.1 Å². The average Bonchev–Trinajstić information content (AvgIpc) is 2.36. The van der Waals surface area contributed by atoms with E-state index in [0.29, 0.717) is 17.3 Å². The normalized spacial score (nSPS) is 11.0. The molecule has 0 fully saturated rings. The molecule has 18 heavy (non-hydrogen) atoms. The third kappa shape index (κ3) is 3.92. The fraction of sp³-hybridized carbons (Fsp3) is 0.333. The van der Waals surface area contributed by atoms with Crippen molar-refractivity contribution in [1.82, 2.24) is 5.43 Å². The van der Waals surface area contributed by atoms with E-state index in [1.807, 2.05) is 6.07 Å². The lowest BCUT2D eigenvalue weighted by molar-refractivity contribution is 0.152. The van der Waals surface area contributed by atoms with Gasteiger partial charge in [0.2, 0.25) is 0 Å². The van der Waals surface area contributed by atoms with Crippen LogP contribution in [0.1, 0.15) is 19.4 Å². The Labute approximate surface area is 111 Å². The molecule has 98 valence electrons. The number of carbonyl (C=O) groups excluding carboxylic acids is 1. The SMILES string of the molecule is CCOC(=O)N/N=C(/C)c1cc(Cl)ccc1NC. The molecule has 6 heteroatoms. The highest BCUT2D eigenvalue weighted by molar-refractivity contribution is 6.31. The zero-order valence-electron chi connectivity index (χ0n) is 10.6. The van der Waals surface area contributed by atoms with Gasteiger partial charge in [0.25, 0.3) is 0 Å². The molecule has 0 aliphatic carbocycles. The maximum Gasteiger partial charge on any atom is 0.427 e. The van der Waals surface area contributed by atoms with Crippen molar-refractivity contribution in [1.29, 1.82) is 0 Å². The first-order valence-corrected chi connectivity index (χ1v) is 5.91. The van der Waals surface area contributed by atoms with Crippen LogP contribution in [0.5, 0.6) is 0 Å². The van der Waals surface area contributed by atoms with Gasteiger partial charge in [0.1, 0.15) is 0 Å². The molecule has 0 heterocycles. The number of carbonyl (C=O) groups is 1. The second kappa shape index (κ2) is 6.86. The summed E-state index contributed by atoms with van der Waals surface area (Å²) in [7, 11) is 1.80. The molecule has 0 aliphatic heterocycles. The van der Waals surface area contributed by atoms with E-state index in [-0.39, 0.29) is 0 Å². The van der Waals surface area contributed by atoms with E-state index in [4.69, 9.17) is 16.3 Å². The Morgan fingerprint density at radius 1 is 1.50 bits per heavy atom. The van der Waals surface area contributed by atoms with Crippen LogP contribution in [0.4, 0.5) is 10.5 Å². The van der Waals surface area contributed by atoms with Crippen molar-refractivity contribution in [3.8, 4) is 0 Å². The van der Waals surface area contributed by atoms with Crippen molar-refractivity contribution in [3.05, 3.63) is 28.8 Å². The number of ether oxygens (including phenoxy) is 1. The van der Waals surface area contributed by atoms with Gasteiger partial charge >= 0.3 is 6.09 Å². The molecule has 1 rings (SSSR count). The van der Waals surface area contributed by atoms with Gasteiger partial charge in [-0.3, -0.25) is 0 Å². The van der Waals surface area contributed by atoms with Gasteiger partial charge in [-0.25, -0.2) is 10.2 Å². The average molecular weight is 270 g/mol. The zero-order chi connectivity index (χ0) is 13.5. The van der Waals surface area contributed by atoms with Crippen LogP contribution in [0.2, 0.25) is 5.02 Å². The van der Waals surface area contributed by atoms with Crippen molar-refractivity contribution in [3.63, 3.8) is 0 Å². The maximum atomic E-state index is 11.1. The number of halogens is 1. The van der Waals surface area contributed by atoms with Gasteiger partial charge in [0.05, 0.1) is 12.3 Å². The quantitative estimate of drug-likeness (QED) is 0.653. The largest absolute Gasteiger partial charge is 0.449 e. The van der Waals surface area contributed by atoms with E-state index >= 15 is 0 Å². The van der Waals surface area contributed by atoms with Crippen molar-refractivity contribution < 1.29 is 9.53 Å². The van der Waals surface area contributed by atoms with E-state index in [9.17, 15) is 4.79 Å². The predicted molar refractivity (Wildman–Crippen MR) is 73.4 cm³/mol. The first-order chi connectivity index (χ1) is 8.58. The van der Waals surface area contributed by atoms with Gasteiger partial charge in [-0.05, 0) is 32.0 Å². The summed E-state index contributed by atoms with van der Waals surface area (Å²) in [6.07, 6.45) is -0.579. The van der Waals surface area contributed by atoms with Gasteiger partial charge in [-0.2, -0.15) is 5.10 Å². The van der Waals surface area contributed by atoms with Crippen LogP contribution in [0.3, 0.4) is 0 Å². The molecule has 0 unspecified atom stereocenters. The number of hydrogen-bond donors (Lipinski definition) is 2. The molecule has 2 N–H and O–H groups in total. The number of amides is 1. The van der Waals surface area contributed by atoms with Crippen LogP contribution >= 0.6 is 11.6 Å². The first kappa shape index (κ1) is 14.3. The minimum Gasteiger partial charge on any atom is -0.449 e. The predicted octanol–water partition coefficient (Wildman–Crippen LogP) is 2.85. The molecule has 5 nitrogen and oxygen atoms in total. The van der Waals surface area contributed by atoms with Gasteiger partial charge in [-0.1, -0.05) is 11.6 Å². The Hall–Kier alpha value is -1.75. The van der Waals surface area contributed by atoms with E-state index in [1.165, 1.54) is 0 Å². The van der Waals surface area contributed by atoms with Crippen molar-refractivity contribution in [2.45, 2.75) is 13.8 Å². The third-order valence-electron chi connectivity index (χ3n) is 2.23. The summed E-state index contributed by atoms with van der Waals surface area (Å²) in [5, 5.41) is 7.60. The Morgan fingerprint density at radius 3 is 2.83 bits per heavy atom. The number of hydrazone groups is 1. The van der Waals surface area contributed by atoms with Crippen LogP contribution in [0.25, 0.3) is 0 Å². The lowest BCUT2D eigenvalue weighted by Gasteiger charge is -2.09. The standard InChI is InChI=1S/C12H16ClN3O2/c1-4-18-12(17)16-15-8(2)10-7-9(13)5-6-11(10)14-3/h5-7,14H,4H2,1-3H3,(H,16,17)/b15-8-. The summed E-state index contributed by atoms with van der Waals surface area (Å²) in [5.41, 5.74) is 4.64. The number of hydrogen-bond acceptors (Lipinski definition) is 4. The van der Waals surface area contributed by atoms with Gasteiger partial charge in [0, 0.05) is 23.3 Å². The molecule has 0 aliphatic rings. The van der Waals surface area contributed by atoms with E-state index in [1.54, 1.807) is 33.0 Å². The third-order valence-corrected chi connectivity index (χ3v) is 2.47. The van der Waals surface area contributed by atoms with Gasteiger partial charge in [-0.15, -0.1) is 0 Å². The van der Waals surface area contributed by atoms with Crippen LogP contribution in [0, 0.1) is 0 Å². The topological polar surface area (TPSA) is 62.7 Å². The lowest BCUT2D eigenvalue weighted by Crippen LogP contribution is -2.20. The second-order valence-electron chi connectivity index (χ2n) is 3.47. The molecular formula is C12H16ClN3O2. The molecule has 0 spiro atoms. The number of nitrogens with one attached hydrogen (secondary N) is 2. The second-order valence-corrected chi connectivity index (χ2v) is 3.91. The molecule has 1 amide bonds. The molecule has 0 aromatic heterocycles. The van der Waals surface area contributed by atoms with Crippen molar-refractivity contribution in [2.24, 2.45) is 5.10 Å². The molecule has 1 aromatic rings. The molecular weight excluding hydrogens is 254 g/mol. The van der Waals surface area contributed by atoms with Crippen LogP contribution in [-0.2, 0) is 4.74 Å². The molecule has 0 saturated carbocycles. The summed E-state index contributed by atoms with van der Waals surface area (Å²) in [5.74, 6) is 0. The van der Waals surface area contributed by atoms with Crippen molar-refractivity contribution in [2.75, 3.05) is 19.0 Å².